The third-order valence-electron chi connectivity index (χ3n) is 1.63. The van der Waals surface area contributed by atoms with Crippen molar-refractivity contribution < 1.29 is 4.79 Å². The van der Waals surface area contributed by atoms with Gasteiger partial charge >= 0.3 is 6.03 Å². The second-order valence-electron chi connectivity index (χ2n) is 2.76. The SMILES string of the molecule is C/C=C/NC(=O)Nc1nc(C)c(C)s1. The zero-order valence-electron chi connectivity index (χ0n) is 8.42. The highest BCUT2D eigenvalue weighted by Crippen LogP contribution is 2.20. The Balaban J connectivity index is 2.56. The quantitative estimate of drug-likeness (QED) is 0.789. The first-order valence-electron chi connectivity index (χ1n) is 4.26. The maximum atomic E-state index is 11.2. The van der Waals surface area contributed by atoms with E-state index >= 15 is 0 Å². The Morgan fingerprint density at radius 1 is 1.50 bits per heavy atom. The van der Waals surface area contributed by atoms with Crippen molar-refractivity contribution in [2.75, 3.05) is 5.32 Å². The van der Waals surface area contributed by atoms with Crippen LogP contribution in [0.2, 0.25) is 0 Å². The van der Waals surface area contributed by atoms with E-state index in [4.69, 9.17) is 0 Å². The van der Waals surface area contributed by atoms with Gasteiger partial charge < -0.3 is 5.32 Å². The summed E-state index contributed by atoms with van der Waals surface area (Å²) in [6.07, 6.45) is 3.32. The number of nitrogens with zero attached hydrogens (tertiary/aromatic N) is 1. The van der Waals surface area contributed by atoms with E-state index in [1.807, 2.05) is 20.8 Å². The lowest BCUT2D eigenvalue weighted by atomic mass is 10.4. The number of hydrogen-bond donors (Lipinski definition) is 2. The Kier molecular flexibility index (Phi) is 3.64. The van der Waals surface area contributed by atoms with Crippen LogP contribution in [-0.2, 0) is 0 Å². The fourth-order valence-electron chi connectivity index (χ4n) is 0.818. The number of hydrogen-bond acceptors (Lipinski definition) is 3. The van der Waals surface area contributed by atoms with Gasteiger partial charge in [0.1, 0.15) is 0 Å². The van der Waals surface area contributed by atoms with E-state index < -0.39 is 0 Å². The monoisotopic (exact) mass is 211 g/mol. The zero-order chi connectivity index (χ0) is 10.6. The van der Waals surface area contributed by atoms with Crippen LogP contribution in [0.5, 0.6) is 0 Å². The van der Waals surface area contributed by atoms with Gasteiger partial charge in [-0.25, -0.2) is 9.78 Å². The van der Waals surface area contributed by atoms with Crippen LogP contribution in [0.3, 0.4) is 0 Å². The maximum absolute atomic E-state index is 11.2. The van der Waals surface area contributed by atoms with Crippen LogP contribution in [0.25, 0.3) is 0 Å². The normalized spacial score (nSPS) is 10.5. The standard InChI is InChI=1S/C9H13N3OS/c1-4-5-10-8(13)12-9-11-6(2)7(3)14-9/h4-5H,1-3H3,(H2,10,11,12,13)/b5-4+. The zero-order valence-corrected chi connectivity index (χ0v) is 9.23. The Hall–Kier alpha value is -1.36. The Morgan fingerprint density at radius 3 is 2.71 bits per heavy atom. The molecule has 76 valence electrons. The molecule has 0 aliphatic carbocycles. The van der Waals surface area contributed by atoms with Crippen molar-refractivity contribution >= 4 is 22.5 Å². The molecule has 1 rings (SSSR count). The van der Waals surface area contributed by atoms with Gasteiger partial charge in [0.25, 0.3) is 0 Å². The van der Waals surface area contributed by atoms with Crippen LogP contribution in [0.15, 0.2) is 12.3 Å². The smallest absolute Gasteiger partial charge is 0.315 e. The van der Waals surface area contributed by atoms with Crippen molar-refractivity contribution in [3.63, 3.8) is 0 Å². The van der Waals surface area contributed by atoms with E-state index in [1.54, 1.807) is 12.3 Å². The molecule has 1 heterocycles. The molecule has 0 fully saturated rings. The van der Waals surface area contributed by atoms with E-state index in [2.05, 4.69) is 15.6 Å². The molecular weight excluding hydrogens is 198 g/mol. The van der Waals surface area contributed by atoms with Crippen molar-refractivity contribution in [2.45, 2.75) is 20.8 Å². The average Bonchev–Trinajstić information content (AvgIpc) is 2.42. The van der Waals surface area contributed by atoms with E-state index in [9.17, 15) is 4.79 Å². The number of carbonyl (C=O) groups excluding carboxylic acids is 1. The Morgan fingerprint density at radius 2 is 2.21 bits per heavy atom. The van der Waals surface area contributed by atoms with Gasteiger partial charge in [0.2, 0.25) is 0 Å². The molecule has 14 heavy (non-hydrogen) atoms. The summed E-state index contributed by atoms with van der Waals surface area (Å²) in [5.41, 5.74) is 0.955. The van der Waals surface area contributed by atoms with Crippen molar-refractivity contribution in [3.8, 4) is 0 Å². The molecule has 1 aromatic rings. The molecule has 4 nitrogen and oxygen atoms in total. The molecule has 0 aromatic carbocycles. The van der Waals surface area contributed by atoms with Crippen LogP contribution < -0.4 is 10.6 Å². The number of carbonyl (C=O) groups is 1. The molecule has 2 N–H and O–H groups in total. The molecule has 0 bridgehead atoms. The number of rotatable bonds is 2. The number of allylic oxidation sites excluding steroid dienone is 1. The van der Waals surface area contributed by atoms with E-state index in [0.717, 1.165) is 10.6 Å². The number of anilines is 1. The van der Waals surface area contributed by atoms with Gasteiger partial charge in [-0.05, 0) is 20.8 Å². The predicted octanol–water partition coefficient (Wildman–Crippen LogP) is 2.42. The lowest BCUT2D eigenvalue weighted by Crippen LogP contribution is -2.23. The molecule has 0 radical (unpaired) electrons. The number of aromatic nitrogens is 1. The van der Waals surface area contributed by atoms with Gasteiger partial charge in [0, 0.05) is 11.1 Å². The molecule has 0 spiro atoms. The van der Waals surface area contributed by atoms with E-state index in [0.29, 0.717) is 5.13 Å². The molecule has 2 amide bonds. The van der Waals surface area contributed by atoms with Gasteiger partial charge in [-0.1, -0.05) is 6.08 Å². The van der Waals surface area contributed by atoms with Crippen molar-refractivity contribution in [1.82, 2.24) is 10.3 Å². The van der Waals surface area contributed by atoms with Crippen LogP contribution in [-0.4, -0.2) is 11.0 Å². The molecular formula is C9H13N3OS. The summed E-state index contributed by atoms with van der Waals surface area (Å²) >= 11 is 1.47. The molecule has 0 saturated heterocycles. The second-order valence-corrected chi connectivity index (χ2v) is 3.96. The van der Waals surface area contributed by atoms with Gasteiger partial charge in [-0.15, -0.1) is 11.3 Å². The largest absolute Gasteiger partial charge is 0.324 e. The van der Waals surface area contributed by atoms with Crippen molar-refractivity contribution in [3.05, 3.63) is 22.8 Å². The molecule has 0 unspecified atom stereocenters. The average molecular weight is 211 g/mol. The Labute approximate surface area is 87.1 Å². The topological polar surface area (TPSA) is 54.0 Å². The van der Waals surface area contributed by atoms with Crippen LogP contribution in [0, 0.1) is 13.8 Å². The highest BCUT2D eigenvalue weighted by molar-refractivity contribution is 7.15. The lowest BCUT2D eigenvalue weighted by Gasteiger charge is -1.98. The van der Waals surface area contributed by atoms with Gasteiger partial charge in [-0.3, -0.25) is 5.32 Å². The maximum Gasteiger partial charge on any atom is 0.324 e. The second kappa shape index (κ2) is 4.76. The highest BCUT2D eigenvalue weighted by Gasteiger charge is 2.05. The highest BCUT2D eigenvalue weighted by atomic mass is 32.1. The summed E-state index contributed by atoms with van der Waals surface area (Å²) in [4.78, 5) is 16.5. The number of aryl methyl sites for hydroxylation is 2. The van der Waals surface area contributed by atoms with Crippen LogP contribution in [0.4, 0.5) is 9.93 Å². The minimum atomic E-state index is -0.267. The minimum absolute atomic E-state index is 0.267. The molecule has 0 saturated carbocycles. The number of nitrogens with one attached hydrogen (secondary N) is 2. The van der Waals surface area contributed by atoms with E-state index in [-0.39, 0.29) is 6.03 Å². The van der Waals surface area contributed by atoms with Crippen molar-refractivity contribution in [1.29, 1.82) is 0 Å². The van der Waals surface area contributed by atoms with Crippen molar-refractivity contribution in [2.24, 2.45) is 0 Å². The molecule has 0 aliphatic rings. The first kappa shape index (κ1) is 10.7. The predicted molar refractivity (Wildman–Crippen MR) is 58.6 cm³/mol. The van der Waals surface area contributed by atoms with Crippen LogP contribution >= 0.6 is 11.3 Å². The molecule has 1 aromatic heterocycles. The molecule has 5 heteroatoms. The minimum Gasteiger partial charge on any atom is -0.315 e. The number of thiazole rings is 1. The number of amides is 2. The molecule has 0 aliphatic heterocycles. The summed E-state index contributed by atoms with van der Waals surface area (Å²) in [6, 6.07) is -0.267. The van der Waals surface area contributed by atoms with E-state index in [1.165, 1.54) is 11.3 Å². The summed E-state index contributed by atoms with van der Waals surface area (Å²) in [5, 5.41) is 5.82. The van der Waals surface area contributed by atoms with Gasteiger partial charge in [0.15, 0.2) is 5.13 Å². The summed E-state index contributed by atoms with van der Waals surface area (Å²) in [7, 11) is 0. The third kappa shape index (κ3) is 2.85. The van der Waals surface area contributed by atoms with Gasteiger partial charge in [-0.2, -0.15) is 0 Å². The number of urea groups is 1. The third-order valence-corrected chi connectivity index (χ3v) is 2.62. The summed E-state index contributed by atoms with van der Waals surface area (Å²) in [6.45, 7) is 5.72. The summed E-state index contributed by atoms with van der Waals surface area (Å²) in [5.74, 6) is 0. The molecule has 0 atom stereocenters. The fraction of sp³-hybridized carbons (Fsp3) is 0.333. The van der Waals surface area contributed by atoms with Gasteiger partial charge in [0.05, 0.1) is 5.69 Å². The first-order chi connectivity index (χ1) is 6.63. The summed E-state index contributed by atoms with van der Waals surface area (Å²) < 4.78 is 0. The van der Waals surface area contributed by atoms with Crippen LogP contribution in [0.1, 0.15) is 17.5 Å². The fourth-order valence-corrected chi connectivity index (χ4v) is 1.63. The lowest BCUT2D eigenvalue weighted by molar-refractivity contribution is 0.255. The Bertz CT molecular complexity index is 337. The first-order valence-corrected chi connectivity index (χ1v) is 5.08.